The van der Waals surface area contributed by atoms with E-state index in [0.29, 0.717) is 11.6 Å². The summed E-state index contributed by atoms with van der Waals surface area (Å²) in [5.41, 5.74) is 1.52. The van der Waals surface area contributed by atoms with Crippen LogP contribution >= 0.6 is 27.7 Å². The second-order valence-corrected chi connectivity index (χ2v) is 5.74. The SMILES string of the molecule is CNc1nc(Sc2ccc(Br)cc2)c2[nH]cnc2n1. The lowest BCUT2D eigenvalue weighted by Gasteiger charge is -2.04. The minimum atomic E-state index is 0.569. The monoisotopic (exact) mass is 335 g/mol. The van der Waals surface area contributed by atoms with E-state index in [2.05, 4.69) is 41.2 Å². The Hall–Kier alpha value is -1.60. The molecule has 5 nitrogen and oxygen atoms in total. The van der Waals surface area contributed by atoms with Crippen LogP contribution in [0.4, 0.5) is 5.95 Å². The fraction of sp³-hybridized carbons (Fsp3) is 0.0833. The fourth-order valence-electron chi connectivity index (χ4n) is 1.61. The number of rotatable bonds is 3. The van der Waals surface area contributed by atoms with E-state index in [1.54, 1.807) is 25.1 Å². The van der Waals surface area contributed by atoms with Gasteiger partial charge >= 0.3 is 0 Å². The van der Waals surface area contributed by atoms with Gasteiger partial charge in [0.15, 0.2) is 5.65 Å². The van der Waals surface area contributed by atoms with Gasteiger partial charge in [-0.05, 0) is 24.3 Å². The van der Waals surface area contributed by atoms with Gasteiger partial charge in [-0.15, -0.1) is 0 Å². The summed E-state index contributed by atoms with van der Waals surface area (Å²) in [5, 5.41) is 3.80. The van der Waals surface area contributed by atoms with Gasteiger partial charge in [-0.25, -0.2) is 9.97 Å². The third kappa shape index (κ3) is 2.57. The highest BCUT2D eigenvalue weighted by Gasteiger charge is 2.10. The minimum Gasteiger partial charge on any atom is -0.357 e. The Bertz CT molecular complexity index is 710. The van der Waals surface area contributed by atoms with Crippen molar-refractivity contribution in [2.45, 2.75) is 9.92 Å². The molecule has 0 aliphatic heterocycles. The third-order valence-corrected chi connectivity index (χ3v) is 4.03. The molecule has 2 N–H and O–H groups in total. The highest BCUT2D eigenvalue weighted by atomic mass is 79.9. The van der Waals surface area contributed by atoms with Crippen LogP contribution in [-0.4, -0.2) is 27.0 Å². The topological polar surface area (TPSA) is 66.5 Å². The number of nitrogens with zero attached hydrogens (tertiary/aromatic N) is 3. The molecule has 0 spiro atoms. The maximum Gasteiger partial charge on any atom is 0.225 e. The van der Waals surface area contributed by atoms with Crippen LogP contribution < -0.4 is 5.32 Å². The molecule has 0 saturated carbocycles. The zero-order valence-electron chi connectivity index (χ0n) is 10.0. The van der Waals surface area contributed by atoms with Gasteiger partial charge in [-0.1, -0.05) is 27.7 Å². The summed E-state index contributed by atoms with van der Waals surface area (Å²) in [6.07, 6.45) is 1.63. The minimum absolute atomic E-state index is 0.569. The lowest BCUT2D eigenvalue weighted by molar-refractivity contribution is 1.08. The van der Waals surface area contributed by atoms with E-state index in [1.807, 2.05) is 24.3 Å². The Morgan fingerprint density at radius 3 is 2.74 bits per heavy atom. The van der Waals surface area contributed by atoms with E-state index >= 15 is 0 Å². The first kappa shape index (κ1) is 12.4. The van der Waals surface area contributed by atoms with Gasteiger partial charge in [0.05, 0.1) is 6.33 Å². The van der Waals surface area contributed by atoms with Crippen molar-refractivity contribution >= 4 is 44.8 Å². The van der Waals surface area contributed by atoms with Crippen molar-refractivity contribution in [2.75, 3.05) is 12.4 Å². The predicted octanol–water partition coefficient (Wildman–Crippen LogP) is 3.31. The third-order valence-electron chi connectivity index (χ3n) is 2.50. The van der Waals surface area contributed by atoms with E-state index in [4.69, 9.17) is 0 Å². The van der Waals surface area contributed by atoms with Crippen LogP contribution in [0.1, 0.15) is 0 Å². The van der Waals surface area contributed by atoms with Crippen LogP contribution in [0.25, 0.3) is 11.2 Å². The number of fused-ring (bicyclic) bond motifs is 1. The normalized spacial score (nSPS) is 10.8. The first-order valence-electron chi connectivity index (χ1n) is 5.58. The molecule has 7 heteroatoms. The van der Waals surface area contributed by atoms with E-state index in [1.165, 1.54) is 0 Å². The number of aromatic amines is 1. The Balaban J connectivity index is 2.03. The van der Waals surface area contributed by atoms with Crippen molar-refractivity contribution < 1.29 is 0 Å². The molecule has 3 rings (SSSR count). The molecule has 19 heavy (non-hydrogen) atoms. The average Bonchev–Trinajstić information content (AvgIpc) is 2.89. The summed E-state index contributed by atoms with van der Waals surface area (Å²) in [7, 11) is 1.79. The Kier molecular flexibility index (Phi) is 3.39. The second-order valence-electron chi connectivity index (χ2n) is 3.76. The molecule has 1 aromatic carbocycles. The van der Waals surface area contributed by atoms with Crippen LogP contribution in [0.2, 0.25) is 0 Å². The van der Waals surface area contributed by atoms with Crippen molar-refractivity contribution in [3.8, 4) is 0 Å². The molecule has 0 atom stereocenters. The number of halogens is 1. The summed E-state index contributed by atoms with van der Waals surface area (Å²) in [4.78, 5) is 17.1. The number of benzene rings is 1. The van der Waals surface area contributed by atoms with Crippen LogP contribution in [0.5, 0.6) is 0 Å². The highest BCUT2D eigenvalue weighted by Crippen LogP contribution is 2.31. The molecule has 0 unspecified atom stereocenters. The Labute approximate surface area is 122 Å². The van der Waals surface area contributed by atoms with E-state index < -0.39 is 0 Å². The van der Waals surface area contributed by atoms with Gasteiger partial charge < -0.3 is 10.3 Å². The number of hydrogen-bond donors (Lipinski definition) is 2. The van der Waals surface area contributed by atoms with Crippen molar-refractivity contribution in [1.82, 2.24) is 19.9 Å². The largest absolute Gasteiger partial charge is 0.357 e. The molecule has 2 aromatic heterocycles. The lowest BCUT2D eigenvalue weighted by Crippen LogP contribution is -1.98. The van der Waals surface area contributed by atoms with Gasteiger partial charge in [0.1, 0.15) is 10.5 Å². The molecular weight excluding hydrogens is 326 g/mol. The summed E-state index contributed by atoms with van der Waals surface area (Å²) >= 11 is 5.00. The number of nitrogens with one attached hydrogen (secondary N) is 2. The van der Waals surface area contributed by atoms with E-state index in [0.717, 1.165) is 19.9 Å². The molecule has 0 fully saturated rings. The molecule has 0 radical (unpaired) electrons. The van der Waals surface area contributed by atoms with Crippen molar-refractivity contribution in [1.29, 1.82) is 0 Å². The molecule has 96 valence electrons. The molecule has 0 amide bonds. The van der Waals surface area contributed by atoms with Gasteiger partial charge in [0.2, 0.25) is 5.95 Å². The highest BCUT2D eigenvalue weighted by molar-refractivity contribution is 9.10. The van der Waals surface area contributed by atoms with Gasteiger partial charge in [0, 0.05) is 16.4 Å². The summed E-state index contributed by atoms with van der Waals surface area (Å²) in [6.45, 7) is 0. The van der Waals surface area contributed by atoms with Gasteiger partial charge in [-0.3, -0.25) is 0 Å². The Morgan fingerprint density at radius 1 is 1.21 bits per heavy atom. The second kappa shape index (κ2) is 5.18. The van der Waals surface area contributed by atoms with Crippen molar-refractivity contribution in [3.63, 3.8) is 0 Å². The average molecular weight is 336 g/mol. The van der Waals surface area contributed by atoms with Crippen LogP contribution in [0.3, 0.4) is 0 Å². The maximum absolute atomic E-state index is 4.47. The fourth-order valence-corrected chi connectivity index (χ4v) is 2.75. The molecule has 0 bridgehead atoms. The summed E-state index contributed by atoms with van der Waals surface area (Å²) in [6, 6.07) is 8.09. The van der Waals surface area contributed by atoms with Crippen LogP contribution in [0.15, 0.2) is 45.0 Å². The number of anilines is 1. The van der Waals surface area contributed by atoms with Gasteiger partial charge in [0.25, 0.3) is 0 Å². The molecule has 0 aliphatic carbocycles. The van der Waals surface area contributed by atoms with Crippen LogP contribution in [-0.2, 0) is 0 Å². The van der Waals surface area contributed by atoms with E-state index in [-0.39, 0.29) is 0 Å². The molecule has 0 aliphatic rings. The predicted molar refractivity (Wildman–Crippen MR) is 79.5 cm³/mol. The summed E-state index contributed by atoms with van der Waals surface area (Å²) in [5.74, 6) is 0.569. The van der Waals surface area contributed by atoms with Crippen molar-refractivity contribution in [2.24, 2.45) is 0 Å². The lowest BCUT2D eigenvalue weighted by atomic mass is 10.4. The molecule has 2 heterocycles. The Morgan fingerprint density at radius 2 is 2.00 bits per heavy atom. The maximum atomic E-state index is 4.47. The molecule has 0 saturated heterocycles. The molecular formula is C12H10BrN5S. The first-order chi connectivity index (χ1) is 9.26. The number of H-pyrrole nitrogens is 1. The first-order valence-corrected chi connectivity index (χ1v) is 7.19. The summed E-state index contributed by atoms with van der Waals surface area (Å²) < 4.78 is 1.06. The van der Waals surface area contributed by atoms with Crippen molar-refractivity contribution in [3.05, 3.63) is 35.1 Å². The van der Waals surface area contributed by atoms with Crippen LogP contribution in [0, 0.1) is 0 Å². The van der Waals surface area contributed by atoms with E-state index in [9.17, 15) is 0 Å². The standard InChI is InChI=1S/C12H10BrN5S/c1-14-12-17-10-9(15-6-16-10)11(18-12)19-8-4-2-7(13)3-5-8/h2-6H,1H3,(H2,14,15,16,17,18). The number of imidazole rings is 1. The zero-order chi connectivity index (χ0) is 13.2. The molecule has 3 aromatic rings. The quantitative estimate of drug-likeness (QED) is 0.719. The van der Waals surface area contributed by atoms with Gasteiger partial charge in [-0.2, -0.15) is 4.98 Å². The smallest absolute Gasteiger partial charge is 0.225 e. The number of hydrogen-bond acceptors (Lipinski definition) is 5. The zero-order valence-corrected chi connectivity index (χ0v) is 12.4. The number of aromatic nitrogens is 4.